The smallest absolute Gasteiger partial charge is 0.339 e. The number of halogens is 1. The SMILES string of the molecule is CCCOC(=O)c1cc(NC(=O)CN2C(=O)S/C(=C\c3ccc(OCc4ccc5ccccc5c4)cc3)C2=O)ccc1Cl. The zero-order chi connectivity index (χ0) is 30.3. The van der Waals surface area contributed by atoms with Gasteiger partial charge >= 0.3 is 5.97 Å². The molecular formula is C33H27ClN2O6S. The first-order valence-electron chi connectivity index (χ1n) is 13.5. The number of carbonyl (C=O) groups excluding carboxylic acids is 4. The van der Waals surface area contributed by atoms with Crippen molar-refractivity contribution in [3.8, 4) is 5.75 Å². The number of nitrogens with zero attached hydrogens (tertiary/aromatic N) is 1. The summed E-state index contributed by atoms with van der Waals surface area (Å²) >= 11 is 6.87. The van der Waals surface area contributed by atoms with Crippen LogP contribution in [-0.2, 0) is 20.9 Å². The fourth-order valence-corrected chi connectivity index (χ4v) is 5.35. The van der Waals surface area contributed by atoms with Crippen molar-refractivity contribution >= 4 is 68.9 Å². The van der Waals surface area contributed by atoms with Crippen LogP contribution in [0.2, 0.25) is 5.02 Å². The number of imide groups is 1. The van der Waals surface area contributed by atoms with E-state index in [0.717, 1.165) is 27.6 Å². The zero-order valence-electron chi connectivity index (χ0n) is 23.2. The fourth-order valence-electron chi connectivity index (χ4n) is 4.32. The predicted octanol–water partition coefficient (Wildman–Crippen LogP) is 7.31. The first-order chi connectivity index (χ1) is 20.8. The molecule has 0 saturated carbocycles. The summed E-state index contributed by atoms with van der Waals surface area (Å²) in [5.74, 6) is -1.11. The summed E-state index contributed by atoms with van der Waals surface area (Å²) in [5.41, 5.74) is 2.14. The molecule has 0 spiro atoms. The van der Waals surface area contributed by atoms with E-state index in [9.17, 15) is 19.2 Å². The molecule has 43 heavy (non-hydrogen) atoms. The van der Waals surface area contributed by atoms with E-state index in [-0.39, 0.29) is 27.8 Å². The highest BCUT2D eigenvalue weighted by Crippen LogP contribution is 2.32. The Balaban J connectivity index is 1.17. The maximum atomic E-state index is 12.9. The molecule has 1 heterocycles. The number of benzene rings is 4. The van der Waals surface area contributed by atoms with Crippen molar-refractivity contribution < 1.29 is 28.7 Å². The number of hydrogen-bond donors (Lipinski definition) is 1. The number of hydrogen-bond acceptors (Lipinski definition) is 7. The minimum Gasteiger partial charge on any atom is -0.489 e. The van der Waals surface area contributed by atoms with E-state index in [2.05, 4.69) is 29.6 Å². The van der Waals surface area contributed by atoms with Gasteiger partial charge in [0.05, 0.1) is 22.1 Å². The summed E-state index contributed by atoms with van der Waals surface area (Å²) < 4.78 is 11.0. The van der Waals surface area contributed by atoms with Gasteiger partial charge in [-0.15, -0.1) is 0 Å². The Bertz CT molecular complexity index is 1740. The second-order valence-electron chi connectivity index (χ2n) is 9.69. The number of fused-ring (bicyclic) bond motifs is 1. The standard InChI is InChI=1S/C33H27ClN2O6S/c1-2-15-41-32(39)27-18-25(11-14-28(27)34)35-30(37)19-36-31(38)29(43-33(36)40)17-21-8-12-26(13-9-21)42-20-22-7-10-23-5-3-4-6-24(23)16-22/h3-14,16-18H,2,15,19-20H2,1H3,(H,35,37)/b29-17-. The molecule has 0 bridgehead atoms. The van der Waals surface area contributed by atoms with E-state index < -0.39 is 29.6 Å². The quantitative estimate of drug-likeness (QED) is 0.148. The average Bonchev–Trinajstić information content (AvgIpc) is 3.27. The van der Waals surface area contributed by atoms with E-state index in [1.165, 1.54) is 23.6 Å². The summed E-state index contributed by atoms with van der Waals surface area (Å²) in [4.78, 5) is 51.5. The van der Waals surface area contributed by atoms with Gasteiger partial charge in [0.25, 0.3) is 11.1 Å². The van der Waals surface area contributed by atoms with Gasteiger partial charge in [0.2, 0.25) is 5.91 Å². The van der Waals surface area contributed by atoms with Gasteiger partial charge in [0.1, 0.15) is 18.9 Å². The zero-order valence-corrected chi connectivity index (χ0v) is 24.7. The molecule has 1 fully saturated rings. The summed E-state index contributed by atoms with van der Waals surface area (Å²) in [5, 5.41) is 4.54. The van der Waals surface area contributed by atoms with Crippen LogP contribution in [0.25, 0.3) is 16.8 Å². The molecule has 218 valence electrons. The normalized spacial score (nSPS) is 13.9. The van der Waals surface area contributed by atoms with Crippen molar-refractivity contribution in [1.82, 2.24) is 4.90 Å². The molecule has 10 heteroatoms. The predicted molar refractivity (Wildman–Crippen MR) is 168 cm³/mol. The van der Waals surface area contributed by atoms with Crippen LogP contribution < -0.4 is 10.1 Å². The number of thioether (sulfide) groups is 1. The molecule has 0 aliphatic carbocycles. The Morgan fingerprint density at radius 3 is 2.49 bits per heavy atom. The molecule has 8 nitrogen and oxygen atoms in total. The second kappa shape index (κ2) is 13.6. The largest absolute Gasteiger partial charge is 0.489 e. The van der Waals surface area contributed by atoms with E-state index in [1.807, 2.05) is 25.1 Å². The third kappa shape index (κ3) is 7.43. The number of amides is 3. The summed E-state index contributed by atoms with van der Waals surface area (Å²) in [6.45, 7) is 2.03. The molecule has 1 saturated heterocycles. The highest BCUT2D eigenvalue weighted by molar-refractivity contribution is 8.18. The van der Waals surface area contributed by atoms with Gasteiger partial charge in [-0.3, -0.25) is 19.3 Å². The number of anilines is 1. The molecule has 4 aromatic carbocycles. The lowest BCUT2D eigenvalue weighted by Crippen LogP contribution is -2.36. The van der Waals surface area contributed by atoms with E-state index in [1.54, 1.807) is 30.3 Å². The monoisotopic (exact) mass is 614 g/mol. The molecular weight excluding hydrogens is 588 g/mol. The fraction of sp³-hybridized carbons (Fsp3) is 0.152. The van der Waals surface area contributed by atoms with Crippen LogP contribution in [0, 0.1) is 0 Å². The molecule has 1 N–H and O–H groups in total. The Morgan fingerprint density at radius 1 is 0.953 bits per heavy atom. The summed E-state index contributed by atoms with van der Waals surface area (Å²) in [6.07, 6.45) is 2.25. The topological polar surface area (TPSA) is 102 Å². The maximum absolute atomic E-state index is 12.9. The number of carbonyl (C=O) groups is 4. The number of nitrogens with one attached hydrogen (secondary N) is 1. The first kappa shape index (κ1) is 29.9. The van der Waals surface area contributed by atoms with Crippen LogP contribution in [0.15, 0.2) is 89.8 Å². The number of ether oxygens (including phenoxy) is 2. The number of esters is 1. The lowest BCUT2D eigenvalue weighted by atomic mass is 10.1. The minimum absolute atomic E-state index is 0.104. The Labute approximate surface area is 257 Å². The lowest BCUT2D eigenvalue weighted by molar-refractivity contribution is -0.127. The second-order valence-corrected chi connectivity index (χ2v) is 11.1. The van der Waals surface area contributed by atoms with Crippen molar-refractivity contribution in [3.63, 3.8) is 0 Å². The van der Waals surface area contributed by atoms with Crippen LogP contribution in [0.1, 0.15) is 34.8 Å². The molecule has 5 rings (SSSR count). The van der Waals surface area contributed by atoms with Crippen molar-refractivity contribution in [2.24, 2.45) is 0 Å². The van der Waals surface area contributed by atoms with Crippen LogP contribution >= 0.6 is 23.4 Å². The van der Waals surface area contributed by atoms with Gasteiger partial charge in [0.15, 0.2) is 0 Å². The van der Waals surface area contributed by atoms with Crippen LogP contribution in [0.3, 0.4) is 0 Å². The molecule has 0 aromatic heterocycles. The lowest BCUT2D eigenvalue weighted by Gasteiger charge is -2.13. The van der Waals surface area contributed by atoms with Gasteiger partial charge < -0.3 is 14.8 Å². The first-order valence-corrected chi connectivity index (χ1v) is 14.7. The van der Waals surface area contributed by atoms with Gasteiger partial charge in [-0.05, 0) is 82.6 Å². The molecule has 3 amide bonds. The summed E-state index contributed by atoms with van der Waals surface area (Å²) in [6, 6.07) is 25.9. The Hall–Kier alpha value is -4.60. The molecule has 0 radical (unpaired) electrons. The molecule has 4 aromatic rings. The van der Waals surface area contributed by atoms with E-state index in [4.69, 9.17) is 21.1 Å². The molecule has 1 aliphatic rings. The van der Waals surface area contributed by atoms with Crippen molar-refractivity contribution in [2.75, 3.05) is 18.5 Å². The van der Waals surface area contributed by atoms with Gasteiger partial charge in [-0.2, -0.15) is 0 Å². The molecule has 1 aliphatic heterocycles. The highest BCUT2D eigenvalue weighted by atomic mass is 35.5. The summed E-state index contributed by atoms with van der Waals surface area (Å²) in [7, 11) is 0. The van der Waals surface area contributed by atoms with E-state index >= 15 is 0 Å². The Kier molecular flexibility index (Phi) is 9.44. The number of rotatable bonds is 10. The van der Waals surface area contributed by atoms with Crippen molar-refractivity contribution in [2.45, 2.75) is 20.0 Å². The van der Waals surface area contributed by atoms with Crippen molar-refractivity contribution in [3.05, 3.63) is 112 Å². The maximum Gasteiger partial charge on any atom is 0.339 e. The van der Waals surface area contributed by atoms with Gasteiger partial charge in [-0.25, -0.2) is 4.79 Å². The molecule has 0 atom stereocenters. The van der Waals surface area contributed by atoms with Crippen molar-refractivity contribution in [1.29, 1.82) is 0 Å². The Morgan fingerprint density at radius 2 is 1.72 bits per heavy atom. The average molecular weight is 615 g/mol. The van der Waals surface area contributed by atoms with Gasteiger partial charge in [-0.1, -0.05) is 67.1 Å². The van der Waals surface area contributed by atoms with Crippen LogP contribution in [-0.4, -0.2) is 41.1 Å². The van der Waals surface area contributed by atoms with Crippen LogP contribution in [0.4, 0.5) is 10.5 Å². The van der Waals surface area contributed by atoms with Crippen LogP contribution in [0.5, 0.6) is 5.75 Å². The van der Waals surface area contributed by atoms with E-state index in [0.29, 0.717) is 24.3 Å². The highest BCUT2D eigenvalue weighted by Gasteiger charge is 2.36. The van der Waals surface area contributed by atoms with Gasteiger partial charge in [0, 0.05) is 5.69 Å². The molecule has 0 unspecified atom stereocenters. The minimum atomic E-state index is -0.608. The third-order valence-corrected chi connectivity index (χ3v) is 7.72. The third-order valence-electron chi connectivity index (χ3n) is 6.48.